The fourth-order valence-electron chi connectivity index (χ4n) is 1.89. The topological polar surface area (TPSA) is 39.1 Å². The second kappa shape index (κ2) is 5.85. The van der Waals surface area contributed by atoms with Crippen LogP contribution in [0, 0.1) is 0 Å². The first-order valence-electron chi connectivity index (χ1n) is 5.59. The molecule has 1 heterocycles. The second-order valence-electron chi connectivity index (χ2n) is 4.30. The molecule has 0 atom stereocenters. The Labute approximate surface area is 146 Å². The fraction of sp³-hybridized carbons (Fsp3) is 0.167. The van der Waals surface area contributed by atoms with E-state index in [2.05, 4.69) is 31.9 Å². The zero-order chi connectivity index (χ0) is 16.9. The molecule has 10 heteroatoms. The number of hydrogen-bond donors (Lipinski definition) is 0. The molecule has 0 radical (unpaired) electrons. The lowest BCUT2D eigenvalue weighted by Gasteiger charge is -2.11. The monoisotopic (exact) mass is 479 g/mol. The number of benzene rings is 1. The Morgan fingerprint density at radius 3 is 2.09 bits per heavy atom. The van der Waals surface area contributed by atoms with Gasteiger partial charge in [-0.1, -0.05) is 23.7 Å². The predicted molar refractivity (Wildman–Crippen MR) is 84.5 cm³/mol. The van der Waals surface area contributed by atoms with Crippen molar-refractivity contribution < 1.29 is 21.6 Å². The van der Waals surface area contributed by atoms with Crippen molar-refractivity contribution in [1.82, 2.24) is 4.57 Å². The Morgan fingerprint density at radius 1 is 1.14 bits per heavy atom. The standard InChI is InChI=1S/C12H7Br2ClF3NO2S/c1-19-9(6-2-4-7(15)5-3-6)10(8(13)11(19)14)22(20,21)12(16,17)18/h2-5H,1H3. The maximum atomic E-state index is 12.9. The Balaban J connectivity index is 2.87. The Bertz CT molecular complexity index is 830. The molecule has 120 valence electrons. The number of nitrogens with zero attached hydrogens (tertiary/aromatic N) is 1. The summed E-state index contributed by atoms with van der Waals surface area (Å²) < 4.78 is 63.9. The molecule has 0 N–H and O–H groups in total. The molecule has 0 aliphatic carbocycles. The van der Waals surface area contributed by atoms with Crippen molar-refractivity contribution in [1.29, 1.82) is 0 Å². The van der Waals surface area contributed by atoms with Gasteiger partial charge >= 0.3 is 5.51 Å². The number of alkyl halides is 3. The molecule has 2 aromatic rings. The third kappa shape index (κ3) is 2.83. The Kier molecular flexibility index (Phi) is 4.74. The molecule has 3 nitrogen and oxygen atoms in total. The van der Waals surface area contributed by atoms with Crippen LogP contribution in [0.4, 0.5) is 13.2 Å². The highest BCUT2D eigenvalue weighted by molar-refractivity contribution is 9.13. The van der Waals surface area contributed by atoms with Crippen LogP contribution in [0.1, 0.15) is 0 Å². The summed E-state index contributed by atoms with van der Waals surface area (Å²) in [5.41, 5.74) is -5.20. The van der Waals surface area contributed by atoms with Crippen LogP contribution in [0.5, 0.6) is 0 Å². The summed E-state index contributed by atoms with van der Waals surface area (Å²) in [7, 11) is -4.08. The molecule has 1 aromatic heterocycles. The van der Waals surface area contributed by atoms with E-state index in [0.29, 0.717) is 10.6 Å². The van der Waals surface area contributed by atoms with Crippen molar-refractivity contribution in [3.05, 3.63) is 38.4 Å². The number of rotatable bonds is 2. The molecule has 0 fully saturated rings. The molecule has 0 saturated carbocycles. The van der Waals surface area contributed by atoms with Gasteiger partial charge in [-0.05, 0) is 49.6 Å². The van der Waals surface area contributed by atoms with Gasteiger partial charge in [0.2, 0.25) is 0 Å². The molecule has 0 bridgehead atoms. The molecule has 0 aliphatic heterocycles. The van der Waals surface area contributed by atoms with Gasteiger partial charge in [-0.15, -0.1) is 0 Å². The largest absolute Gasteiger partial charge is 0.502 e. The molecule has 0 aliphatic rings. The van der Waals surface area contributed by atoms with Gasteiger partial charge in [0.1, 0.15) is 9.50 Å². The van der Waals surface area contributed by atoms with Crippen LogP contribution in [0.25, 0.3) is 11.3 Å². The second-order valence-corrected chi connectivity index (χ2v) is 8.16. The maximum absolute atomic E-state index is 12.9. The van der Waals surface area contributed by atoms with Crippen LogP contribution in [0.3, 0.4) is 0 Å². The number of sulfone groups is 1. The van der Waals surface area contributed by atoms with E-state index in [1.807, 2.05) is 0 Å². The van der Waals surface area contributed by atoms with Gasteiger partial charge in [-0.2, -0.15) is 13.2 Å². The van der Waals surface area contributed by atoms with Crippen molar-refractivity contribution in [2.24, 2.45) is 7.05 Å². The van der Waals surface area contributed by atoms with E-state index in [9.17, 15) is 21.6 Å². The van der Waals surface area contributed by atoms with Gasteiger partial charge in [0.05, 0.1) is 10.2 Å². The molecule has 0 amide bonds. The number of hydrogen-bond acceptors (Lipinski definition) is 2. The van der Waals surface area contributed by atoms with Crippen LogP contribution in [-0.2, 0) is 16.9 Å². The molecule has 1 aromatic carbocycles. The lowest BCUT2D eigenvalue weighted by Crippen LogP contribution is -2.24. The molecule has 0 saturated heterocycles. The van der Waals surface area contributed by atoms with Crippen molar-refractivity contribution >= 4 is 53.3 Å². The minimum atomic E-state index is -5.53. The number of halogens is 6. The first-order valence-corrected chi connectivity index (χ1v) is 9.04. The minimum Gasteiger partial charge on any atom is -0.336 e. The van der Waals surface area contributed by atoms with Crippen LogP contribution < -0.4 is 0 Å². The van der Waals surface area contributed by atoms with E-state index >= 15 is 0 Å². The molecule has 2 rings (SSSR count). The first-order chi connectivity index (χ1) is 9.98. The highest BCUT2D eigenvalue weighted by Gasteiger charge is 2.50. The lowest BCUT2D eigenvalue weighted by molar-refractivity contribution is -0.0436. The molecular weight excluding hydrogens is 474 g/mol. The van der Waals surface area contributed by atoms with Gasteiger partial charge in [0.15, 0.2) is 0 Å². The van der Waals surface area contributed by atoms with Crippen LogP contribution >= 0.6 is 43.5 Å². The van der Waals surface area contributed by atoms with Gasteiger partial charge in [-0.3, -0.25) is 0 Å². The summed E-state index contributed by atoms with van der Waals surface area (Å²) >= 11 is 11.8. The van der Waals surface area contributed by atoms with Crippen molar-refractivity contribution in [3.63, 3.8) is 0 Å². The van der Waals surface area contributed by atoms with Crippen molar-refractivity contribution in [2.45, 2.75) is 10.4 Å². The summed E-state index contributed by atoms with van der Waals surface area (Å²) in [6, 6.07) is 5.84. The minimum absolute atomic E-state index is 0.0901. The predicted octanol–water partition coefficient (Wildman–Crippen LogP) is 5.16. The normalized spacial score (nSPS) is 12.7. The summed E-state index contributed by atoms with van der Waals surface area (Å²) in [6.45, 7) is 0. The van der Waals surface area contributed by atoms with Gasteiger partial charge in [-0.25, -0.2) is 8.42 Å². The summed E-state index contributed by atoms with van der Waals surface area (Å²) in [5, 5.41) is 0.385. The maximum Gasteiger partial charge on any atom is 0.502 e. The van der Waals surface area contributed by atoms with Gasteiger partial charge < -0.3 is 4.57 Å². The molecule has 0 unspecified atom stereocenters. The highest BCUT2D eigenvalue weighted by atomic mass is 79.9. The highest BCUT2D eigenvalue weighted by Crippen LogP contribution is 2.45. The smallest absolute Gasteiger partial charge is 0.336 e. The van der Waals surface area contributed by atoms with E-state index in [-0.39, 0.29) is 14.8 Å². The fourth-order valence-corrected chi connectivity index (χ4v) is 4.69. The average Bonchev–Trinajstić information content (AvgIpc) is 2.63. The third-order valence-corrected chi connectivity index (χ3v) is 7.21. The van der Waals surface area contributed by atoms with Gasteiger partial charge in [0, 0.05) is 12.1 Å². The average molecular weight is 482 g/mol. The van der Waals surface area contributed by atoms with Crippen molar-refractivity contribution in [3.8, 4) is 11.3 Å². The third-order valence-electron chi connectivity index (χ3n) is 2.92. The number of aromatic nitrogens is 1. The summed E-state index contributed by atoms with van der Waals surface area (Å²) in [5.74, 6) is 0. The molecule has 0 spiro atoms. The van der Waals surface area contributed by atoms with E-state index in [0.717, 1.165) is 0 Å². The summed E-state index contributed by atoms with van der Waals surface area (Å²) in [6.07, 6.45) is 0. The van der Waals surface area contributed by atoms with E-state index in [4.69, 9.17) is 11.6 Å². The van der Waals surface area contributed by atoms with Crippen LogP contribution in [0.15, 0.2) is 38.2 Å². The van der Waals surface area contributed by atoms with Crippen molar-refractivity contribution in [2.75, 3.05) is 0 Å². The molecular formula is C12H7Br2ClF3NO2S. The van der Waals surface area contributed by atoms with E-state index in [1.165, 1.54) is 35.9 Å². The summed E-state index contributed by atoms with van der Waals surface area (Å²) in [4.78, 5) is -0.836. The molecule has 22 heavy (non-hydrogen) atoms. The zero-order valence-electron chi connectivity index (χ0n) is 10.7. The van der Waals surface area contributed by atoms with Crippen LogP contribution in [0.2, 0.25) is 5.02 Å². The van der Waals surface area contributed by atoms with E-state index < -0.39 is 20.2 Å². The van der Waals surface area contributed by atoms with E-state index in [1.54, 1.807) is 0 Å². The SMILES string of the molecule is Cn1c(Br)c(Br)c(S(=O)(=O)C(F)(F)F)c1-c1ccc(Cl)cc1. The lowest BCUT2D eigenvalue weighted by atomic mass is 10.1. The Hall–Kier alpha value is -0.510. The first kappa shape index (κ1) is 17.8. The zero-order valence-corrected chi connectivity index (χ0v) is 15.5. The van der Waals surface area contributed by atoms with Crippen LogP contribution in [-0.4, -0.2) is 18.5 Å². The Morgan fingerprint density at radius 2 is 1.64 bits per heavy atom. The van der Waals surface area contributed by atoms with Gasteiger partial charge in [0.25, 0.3) is 9.84 Å². The quantitative estimate of drug-likeness (QED) is 0.594.